The van der Waals surface area contributed by atoms with Crippen molar-refractivity contribution in [2.45, 2.75) is 310 Å². The van der Waals surface area contributed by atoms with E-state index in [1.54, 1.807) is 0 Å². The molecule has 666 valence electrons. The fraction of sp³-hybridized carbons (Fsp3) is 0.938. The Morgan fingerprint density at radius 1 is 0.304 bits per heavy atom. The van der Waals surface area contributed by atoms with Crippen LogP contribution in [-0.4, -0.2) is 500 Å². The summed E-state index contributed by atoms with van der Waals surface area (Å²) in [6.45, 7) is -5.93. The van der Waals surface area contributed by atoms with Crippen LogP contribution in [0, 0.1) is 0 Å². The average molecular weight is 1690 g/mol. The molecule has 0 radical (unpaired) electrons. The summed E-state index contributed by atoms with van der Waals surface area (Å²) in [4.78, 5) is 50.7. The summed E-state index contributed by atoms with van der Waals surface area (Å²) in [5, 5.41) is 287. The highest BCUT2D eigenvalue weighted by Crippen LogP contribution is 2.40. The van der Waals surface area contributed by atoms with Crippen LogP contribution < -0.4 is 21.3 Å². The minimum atomic E-state index is -2.57. The molecule has 0 aliphatic carbocycles. The van der Waals surface area contributed by atoms with Crippen molar-refractivity contribution < 1.29 is 232 Å². The molecule has 0 bridgehead atoms. The Balaban J connectivity index is 1.04. The van der Waals surface area contributed by atoms with Crippen LogP contribution in [-0.2, 0) is 104 Å². The quantitative estimate of drug-likeness (QED) is 0.0271. The zero-order chi connectivity index (χ0) is 84.6. The molecule has 51 heteroatoms. The molecule has 0 aromatic carbocycles. The molecule has 115 heavy (non-hydrogen) atoms. The first-order chi connectivity index (χ1) is 54.5. The van der Waals surface area contributed by atoms with Gasteiger partial charge < -0.3 is 234 Å². The fourth-order valence-electron chi connectivity index (χ4n) is 14.6. The third-order valence-electron chi connectivity index (χ3n) is 20.9. The molecule has 0 spiro atoms. The summed E-state index contributed by atoms with van der Waals surface area (Å²) in [6.07, 6.45) is -85.7. The molecule has 9 fully saturated rings. The Hall–Kier alpha value is -3.84. The van der Waals surface area contributed by atoms with Crippen LogP contribution >= 0.6 is 0 Å². The van der Waals surface area contributed by atoms with Crippen LogP contribution in [0.1, 0.15) is 27.7 Å². The second-order valence-corrected chi connectivity index (χ2v) is 28.9. The van der Waals surface area contributed by atoms with Crippen LogP contribution in [0.25, 0.3) is 0 Å². The number of ether oxygens (including phenoxy) is 18. The maximum Gasteiger partial charge on any atom is 0.217 e. The van der Waals surface area contributed by atoms with Crippen molar-refractivity contribution in [1.82, 2.24) is 21.3 Å². The van der Waals surface area contributed by atoms with Crippen molar-refractivity contribution in [2.24, 2.45) is 0 Å². The Morgan fingerprint density at radius 3 is 1.09 bits per heavy atom. The van der Waals surface area contributed by atoms with E-state index >= 15 is 0 Å². The number of hydrogen-bond donors (Lipinski definition) is 29. The number of carbonyl (C=O) groups excluding carboxylic acids is 4. The minimum Gasteiger partial charge on any atom is -0.394 e. The predicted octanol–water partition coefficient (Wildman–Crippen LogP) is -20.0. The first-order valence-electron chi connectivity index (χ1n) is 36.7. The highest BCUT2D eigenvalue weighted by Gasteiger charge is 2.61. The maximum absolute atomic E-state index is 13.4. The third kappa shape index (κ3) is 21.4. The van der Waals surface area contributed by atoms with Gasteiger partial charge in [0.2, 0.25) is 24.1 Å². The maximum atomic E-state index is 13.4. The lowest BCUT2D eigenvalue weighted by molar-refractivity contribution is -0.390. The van der Waals surface area contributed by atoms with Crippen LogP contribution in [0.2, 0.25) is 0 Å². The number of aliphatic hydroxyl groups is 25. The summed E-state index contributed by atoms with van der Waals surface area (Å²) in [5.41, 5.74) is 0. The van der Waals surface area contributed by atoms with Crippen molar-refractivity contribution in [3.05, 3.63) is 0 Å². The van der Waals surface area contributed by atoms with Gasteiger partial charge in [-0.3, -0.25) is 19.2 Å². The Kier molecular flexibility index (Phi) is 34.9. The van der Waals surface area contributed by atoms with E-state index in [4.69, 9.17) is 85.3 Å². The lowest BCUT2D eigenvalue weighted by Gasteiger charge is -2.51. The van der Waals surface area contributed by atoms with Crippen LogP contribution in [0.5, 0.6) is 0 Å². The number of rotatable bonds is 33. The lowest BCUT2D eigenvalue weighted by Crippen LogP contribution is -2.71. The van der Waals surface area contributed by atoms with Crippen LogP contribution in [0.4, 0.5) is 0 Å². The van der Waals surface area contributed by atoms with Gasteiger partial charge in [0.15, 0.2) is 56.6 Å². The molecule has 0 aromatic heterocycles. The number of aliphatic hydroxyl groups excluding tert-OH is 25. The van der Waals surface area contributed by atoms with E-state index in [2.05, 4.69) is 21.3 Å². The summed E-state index contributed by atoms with van der Waals surface area (Å²) >= 11 is 0. The van der Waals surface area contributed by atoms with Crippen molar-refractivity contribution in [3.63, 3.8) is 0 Å². The first kappa shape index (κ1) is 95.0. The highest BCUT2D eigenvalue weighted by molar-refractivity contribution is 5.74. The summed E-state index contributed by atoms with van der Waals surface area (Å²) in [5.74, 6) is -2.95. The SMILES string of the molecule is CC(=O)N[C@H]1[C@H](OC[C@H]2O[C@@H](O[C@H]3[C@H](O)[C@@H](CO)O[C@@H](O[C@H]4[C@@H](O)[C@@H](CO)O[C@@H](O[C@H]5[C@H](O)[C@@H](O)[C@H](OC[C@@H](CO)NC=O)O[C@@H]5CO)[C@@H]4O)[C@@H]3NC(C)=O)[C@H](O)[C@@H](O[C@@H]3O[C@H](CO)[C@@H](O)[C@H](O[C@@H]4O[C@H](CO)[C@H](O)[C@H](O)[C@H]4O)[C@H]3NC(C)=O)[C@H]2O)O[C@H](CO)[C@@H](O[C@@H]2O[C@H](CO)[C@H](O)[C@H](O)[C@H]2O[C@@H]2O[C@@H](C)[C@@H](O)[C@@H](O)[C@@H]2O)[C@@H]1O. The molecule has 0 saturated carbocycles. The first-order valence-corrected chi connectivity index (χ1v) is 36.7. The molecule has 9 aliphatic rings. The van der Waals surface area contributed by atoms with E-state index in [9.17, 15) is 147 Å². The Labute approximate surface area is 651 Å². The van der Waals surface area contributed by atoms with E-state index in [0.29, 0.717) is 0 Å². The molecule has 51 nitrogen and oxygen atoms in total. The van der Waals surface area contributed by atoms with E-state index < -0.39 is 366 Å². The molecule has 4 amide bonds. The van der Waals surface area contributed by atoms with Gasteiger partial charge in [0.25, 0.3) is 0 Å². The van der Waals surface area contributed by atoms with Gasteiger partial charge in [0.05, 0.1) is 78.2 Å². The highest BCUT2D eigenvalue weighted by atomic mass is 16.8. The molecule has 9 rings (SSSR count). The van der Waals surface area contributed by atoms with Crippen molar-refractivity contribution >= 4 is 24.1 Å². The Morgan fingerprint density at radius 2 is 0.626 bits per heavy atom. The van der Waals surface area contributed by atoms with Gasteiger partial charge in [-0.15, -0.1) is 0 Å². The second kappa shape index (κ2) is 42.3. The molecule has 29 N–H and O–H groups in total. The molecule has 46 atom stereocenters. The number of carbonyl (C=O) groups is 4. The van der Waals surface area contributed by atoms with Crippen molar-refractivity contribution in [2.75, 3.05) is 66.1 Å². The fourth-order valence-corrected chi connectivity index (χ4v) is 14.6. The van der Waals surface area contributed by atoms with Gasteiger partial charge in [0.1, 0.15) is 213 Å². The normalized spacial score (nSPS) is 48.2. The van der Waals surface area contributed by atoms with Crippen LogP contribution in [0.15, 0.2) is 0 Å². The summed E-state index contributed by atoms with van der Waals surface area (Å²) in [6, 6.07) is -6.99. The topological polar surface area (TPSA) is 788 Å². The molecular formula is C64H108N4O47. The minimum absolute atomic E-state index is 0.241. The number of nitrogens with one attached hydrogen (secondary N) is 4. The molecule has 0 unspecified atom stereocenters. The monoisotopic (exact) mass is 1680 g/mol. The van der Waals surface area contributed by atoms with Gasteiger partial charge in [-0.25, -0.2) is 0 Å². The lowest BCUT2D eigenvalue weighted by atomic mass is 9.93. The standard InChI is InChI=1S/C64H108N4O47/c1-16-32(81)40(89)44(93)60(100-16)115-55-42(91)34(83)22(7-71)105-64(55)110-49-26(11-75)106-56(29(39(49)88)66-17(2)78)99-14-28-38(87)54(114-58-30(67-18(3)79)51(35(84)23(8-72)102-58)111-61-45(94)41(90)33(82)21(6-70)103-61)48(97)63(108-28)112-52-31(68-19(4)80)57(101-24(9-73)36(52)85)113-53-37(86)25(10-74)104-62(47(53)96)109-50-27(12-76)107-59(46(95)43(50)92)98-13-20(5-69)65-15-77/h15-16,20-64,69-76,81-97H,5-14H2,1-4H3,(H,65,77)(H,66,78)(H,67,79)(H,68,80)/t16-,20+,21+,22+,23+,24+,25+,26+,27+,28+,29+,30+,31+,32+,33-,34-,35+,36+,37-,38-,39+,40+,41-,42-,43+,44-,45+,46+,47+,48+,49+,50+,51+,52+,53-,54-,55+,56+,57-,58-,59+,60-,61-,62-,63-,64-/m0/s1. The molecule has 9 heterocycles. The average Bonchev–Trinajstić information content (AvgIpc) is 0.770. The third-order valence-corrected chi connectivity index (χ3v) is 20.9. The molecular weight excluding hydrogens is 1580 g/mol. The second-order valence-electron chi connectivity index (χ2n) is 28.9. The Bertz CT molecular complexity index is 3010. The van der Waals surface area contributed by atoms with Gasteiger partial charge in [0, 0.05) is 20.8 Å². The van der Waals surface area contributed by atoms with Crippen molar-refractivity contribution in [1.29, 1.82) is 0 Å². The predicted molar refractivity (Wildman–Crippen MR) is 354 cm³/mol. The van der Waals surface area contributed by atoms with E-state index in [1.807, 2.05) is 0 Å². The van der Waals surface area contributed by atoms with E-state index in [-0.39, 0.29) is 6.41 Å². The van der Waals surface area contributed by atoms with Crippen LogP contribution in [0.3, 0.4) is 0 Å². The largest absolute Gasteiger partial charge is 0.394 e. The van der Waals surface area contributed by atoms with Gasteiger partial charge in [-0.05, 0) is 6.92 Å². The van der Waals surface area contributed by atoms with Gasteiger partial charge in [-0.1, -0.05) is 0 Å². The van der Waals surface area contributed by atoms with E-state index in [1.165, 1.54) is 6.92 Å². The molecule has 9 aliphatic heterocycles. The number of amides is 4. The zero-order valence-corrected chi connectivity index (χ0v) is 61.9. The summed E-state index contributed by atoms with van der Waals surface area (Å²) in [7, 11) is 0. The molecule has 9 saturated heterocycles. The van der Waals surface area contributed by atoms with Gasteiger partial charge in [-0.2, -0.15) is 0 Å². The smallest absolute Gasteiger partial charge is 0.217 e. The summed E-state index contributed by atoms with van der Waals surface area (Å²) < 4.78 is 106. The van der Waals surface area contributed by atoms with E-state index in [0.717, 1.165) is 20.8 Å². The number of hydrogen-bond acceptors (Lipinski definition) is 47. The zero-order valence-electron chi connectivity index (χ0n) is 61.9. The molecule has 0 aromatic rings. The van der Waals surface area contributed by atoms with Crippen molar-refractivity contribution in [3.8, 4) is 0 Å². The van der Waals surface area contributed by atoms with Gasteiger partial charge >= 0.3 is 0 Å².